The van der Waals surface area contributed by atoms with Crippen molar-refractivity contribution in [1.82, 2.24) is 0 Å². The lowest BCUT2D eigenvalue weighted by Crippen LogP contribution is -2.51. The summed E-state index contributed by atoms with van der Waals surface area (Å²) < 4.78 is 11.6. The van der Waals surface area contributed by atoms with E-state index < -0.39 is 0 Å². The zero-order valence-electron chi connectivity index (χ0n) is 10.8. The highest BCUT2D eigenvalue weighted by atomic mass is 79.9. The summed E-state index contributed by atoms with van der Waals surface area (Å²) in [5.41, 5.74) is 10.8. The van der Waals surface area contributed by atoms with Crippen LogP contribution in [0.2, 0.25) is 0 Å². The summed E-state index contributed by atoms with van der Waals surface area (Å²) >= 11 is 3.40. The summed E-state index contributed by atoms with van der Waals surface area (Å²) in [6.07, 6.45) is -0.623. The Kier molecular flexibility index (Phi) is 4.16. The standard InChI is InChI=1S/C11H14BrN5O2/c1-17-8-5-6(12)4-7(15-16-13)9(8)14-10(18-2)11(17)19-3/h4-5,10-11,14H,1-3H3. The number of rotatable bonds is 3. The number of hydrogen-bond donors (Lipinski definition) is 1. The highest BCUT2D eigenvalue weighted by molar-refractivity contribution is 9.10. The Labute approximate surface area is 119 Å². The van der Waals surface area contributed by atoms with E-state index in [0.717, 1.165) is 15.8 Å². The largest absolute Gasteiger partial charge is 0.357 e. The molecule has 0 radical (unpaired) electrons. The van der Waals surface area contributed by atoms with Gasteiger partial charge >= 0.3 is 0 Å². The molecule has 1 aliphatic heterocycles. The van der Waals surface area contributed by atoms with Crippen LogP contribution in [0.3, 0.4) is 0 Å². The summed E-state index contributed by atoms with van der Waals surface area (Å²) in [7, 11) is 5.10. The predicted octanol–water partition coefficient (Wildman–Crippen LogP) is 3.20. The molecule has 0 saturated heterocycles. The molecule has 1 aliphatic rings. The number of likely N-dealkylation sites (N-methyl/N-ethyl adjacent to an activating group) is 1. The molecule has 0 bridgehead atoms. The number of benzene rings is 1. The lowest BCUT2D eigenvalue weighted by atomic mass is 10.1. The first kappa shape index (κ1) is 14.0. The Morgan fingerprint density at radius 2 is 2.16 bits per heavy atom. The maximum atomic E-state index is 8.65. The summed E-state index contributed by atoms with van der Waals surface area (Å²) in [5, 5.41) is 6.88. The summed E-state index contributed by atoms with van der Waals surface area (Å²) in [6.45, 7) is 0. The fourth-order valence-electron chi connectivity index (χ4n) is 2.14. The minimum atomic E-state index is -0.351. The van der Waals surface area contributed by atoms with Crippen LogP contribution in [0.1, 0.15) is 0 Å². The van der Waals surface area contributed by atoms with Gasteiger partial charge in [-0.15, -0.1) is 0 Å². The van der Waals surface area contributed by atoms with Gasteiger partial charge in [-0.2, -0.15) is 0 Å². The van der Waals surface area contributed by atoms with Gasteiger partial charge in [0, 0.05) is 30.7 Å². The first-order valence-electron chi connectivity index (χ1n) is 5.56. The van der Waals surface area contributed by atoms with Crippen molar-refractivity contribution in [2.75, 3.05) is 31.5 Å². The summed E-state index contributed by atoms with van der Waals surface area (Å²) in [4.78, 5) is 4.78. The zero-order chi connectivity index (χ0) is 14.0. The normalized spacial score (nSPS) is 21.4. The van der Waals surface area contributed by atoms with Crippen LogP contribution in [-0.2, 0) is 9.47 Å². The summed E-state index contributed by atoms with van der Waals surface area (Å²) in [6, 6.07) is 3.68. The predicted molar refractivity (Wildman–Crippen MR) is 76.6 cm³/mol. The van der Waals surface area contributed by atoms with Crippen molar-refractivity contribution >= 4 is 33.0 Å². The van der Waals surface area contributed by atoms with E-state index in [2.05, 4.69) is 31.3 Å². The first-order valence-corrected chi connectivity index (χ1v) is 6.35. The van der Waals surface area contributed by atoms with Crippen LogP contribution in [0.4, 0.5) is 17.1 Å². The number of nitrogens with zero attached hydrogens (tertiary/aromatic N) is 4. The van der Waals surface area contributed by atoms with Crippen LogP contribution in [0.25, 0.3) is 10.4 Å². The smallest absolute Gasteiger partial charge is 0.174 e. The molecule has 102 valence electrons. The molecule has 1 N–H and O–H groups in total. The van der Waals surface area contributed by atoms with Crippen LogP contribution in [0.15, 0.2) is 21.7 Å². The average molecular weight is 328 g/mol. The molecule has 1 aromatic carbocycles. The number of nitrogens with one attached hydrogen (secondary N) is 1. The highest BCUT2D eigenvalue weighted by Gasteiger charge is 2.33. The Hall–Kier alpha value is -1.47. The fraction of sp³-hybridized carbons (Fsp3) is 0.455. The van der Waals surface area contributed by atoms with Gasteiger partial charge in [-0.1, -0.05) is 21.0 Å². The van der Waals surface area contributed by atoms with E-state index in [4.69, 9.17) is 15.0 Å². The third-order valence-electron chi connectivity index (χ3n) is 3.02. The molecule has 0 aliphatic carbocycles. The zero-order valence-corrected chi connectivity index (χ0v) is 12.4. The number of azide groups is 1. The van der Waals surface area contributed by atoms with Crippen molar-refractivity contribution in [3.63, 3.8) is 0 Å². The maximum Gasteiger partial charge on any atom is 0.174 e. The van der Waals surface area contributed by atoms with Gasteiger partial charge in [0.25, 0.3) is 0 Å². The number of hydrogen-bond acceptors (Lipinski definition) is 5. The highest BCUT2D eigenvalue weighted by Crippen LogP contribution is 2.42. The first-order chi connectivity index (χ1) is 9.12. The number of ether oxygens (including phenoxy) is 2. The van der Waals surface area contributed by atoms with Gasteiger partial charge in [-0.05, 0) is 17.7 Å². The van der Waals surface area contributed by atoms with E-state index in [9.17, 15) is 0 Å². The Bertz CT molecular complexity index is 532. The second-order valence-electron chi connectivity index (χ2n) is 4.05. The molecule has 8 heteroatoms. The molecule has 2 unspecified atom stereocenters. The Balaban J connectivity index is 2.57. The van der Waals surface area contributed by atoms with E-state index >= 15 is 0 Å². The SMILES string of the molecule is COC1Nc2c(N=[N+]=[N-])cc(Br)cc2N(C)C1OC. The molecule has 1 aromatic rings. The van der Waals surface area contributed by atoms with Gasteiger partial charge in [0.1, 0.15) is 0 Å². The van der Waals surface area contributed by atoms with E-state index in [0.29, 0.717) is 5.69 Å². The molecule has 2 atom stereocenters. The topological polar surface area (TPSA) is 82.5 Å². The van der Waals surface area contributed by atoms with Crippen molar-refractivity contribution in [1.29, 1.82) is 0 Å². The van der Waals surface area contributed by atoms with E-state index in [1.54, 1.807) is 20.3 Å². The molecule has 1 heterocycles. The maximum absolute atomic E-state index is 8.65. The molecule has 0 fully saturated rings. The van der Waals surface area contributed by atoms with Gasteiger partial charge in [0.2, 0.25) is 0 Å². The monoisotopic (exact) mass is 327 g/mol. The van der Waals surface area contributed by atoms with Crippen LogP contribution in [0, 0.1) is 0 Å². The molecule has 0 amide bonds. The van der Waals surface area contributed by atoms with Crippen LogP contribution < -0.4 is 10.2 Å². The number of halogens is 1. The van der Waals surface area contributed by atoms with Gasteiger partial charge in [-0.3, -0.25) is 0 Å². The van der Waals surface area contributed by atoms with E-state index in [-0.39, 0.29) is 12.5 Å². The minimum absolute atomic E-state index is 0.272. The van der Waals surface area contributed by atoms with Crippen LogP contribution >= 0.6 is 15.9 Å². The fourth-order valence-corrected chi connectivity index (χ4v) is 2.58. The average Bonchev–Trinajstić information content (AvgIpc) is 2.39. The lowest BCUT2D eigenvalue weighted by molar-refractivity contribution is -0.0226. The lowest BCUT2D eigenvalue weighted by Gasteiger charge is -2.41. The van der Waals surface area contributed by atoms with Gasteiger partial charge in [-0.25, -0.2) is 0 Å². The van der Waals surface area contributed by atoms with Gasteiger partial charge < -0.3 is 19.7 Å². The third-order valence-corrected chi connectivity index (χ3v) is 3.47. The van der Waals surface area contributed by atoms with Crippen molar-refractivity contribution in [3.8, 4) is 0 Å². The molecule has 0 aromatic heterocycles. The number of fused-ring (bicyclic) bond motifs is 1. The third kappa shape index (κ3) is 2.48. The van der Waals surface area contributed by atoms with Gasteiger partial charge in [0.05, 0.1) is 17.1 Å². The second kappa shape index (κ2) is 5.66. The van der Waals surface area contributed by atoms with Crippen molar-refractivity contribution in [2.24, 2.45) is 5.11 Å². The van der Waals surface area contributed by atoms with E-state index in [1.165, 1.54) is 0 Å². The molecule has 7 nitrogen and oxygen atoms in total. The Morgan fingerprint density at radius 1 is 1.42 bits per heavy atom. The van der Waals surface area contributed by atoms with Gasteiger partial charge in [0.15, 0.2) is 12.5 Å². The van der Waals surface area contributed by atoms with E-state index in [1.807, 2.05) is 18.0 Å². The molecular formula is C11H14BrN5O2. The second-order valence-corrected chi connectivity index (χ2v) is 4.96. The van der Waals surface area contributed by atoms with Crippen LogP contribution in [0.5, 0.6) is 0 Å². The van der Waals surface area contributed by atoms with Crippen molar-refractivity contribution in [3.05, 3.63) is 27.0 Å². The molecule has 19 heavy (non-hydrogen) atoms. The number of methoxy groups -OCH3 is 2. The molecule has 0 spiro atoms. The Morgan fingerprint density at radius 3 is 2.74 bits per heavy atom. The molecular weight excluding hydrogens is 314 g/mol. The quantitative estimate of drug-likeness (QED) is 0.525. The molecule has 2 rings (SSSR count). The molecule has 0 saturated carbocycles. The summed E-state index contributed by atoms with van der Waals surface area (Å²) in [5.74, 6) is 0. The van der Waals surface area contributed by atoms with Crippen molar-refractivity contribution < 1.29 is 9.47 Å². The van der Waals surface area contributed by atoms with Crippen molar-refractivity contribution in [2.45, 2.75) is 12.5 Å². The van der Waals surface area contributed by atoms with Crippen LogP contribution in [-0.4, -0.2) is 33.7 Å². The number of anilines is 2. The minimum Gasteiger partial charge on any atom is -0.357 e.